The van der Waals surface area contributed by atoms with Gasteiger partial charge in [-0.3, -0.25) is 19.2 Å². The van der Waals surface area contributed by atoms with E-state index in [-0.39, 0.29) is 25.9 Å². The third-order valence-electron chi connectivity index (χ3n) is 7.92. The molecule has 3 aromatic carbocycles. The van der Waals surface area contributed by atoms with E-state index in [2.05, 4.69) is 25.5 Å². The fourth-order valence-corrected chi connectivity index (χ4v) is 5.96. The Morgan fingerprint density at radius 1 is 1.00 bits per heavy atom. The number of rotatable bonds is 10. The molecule has 13 heteroatoms. The second-order valence-electron chi connectivity index (χ2n) is 11.2. The van der Waals surface area contributed by atoms with Gasteiger partial charge < -0.3 is 30.7 Å². The molecule has 1 saturated heterocycles. The minimum Gasteiger partial charge on any atom is -0.434 e. The molecule has 2 aliphatic rings. The SMILES string of the molecule is O=C(CN1CC(CNCc2ccc(-c3csnn3)cc2)=CCC(NC(=O)c2ccc3ccccc3c2)C1=O)NC1CC(=O)OC1O. The number of fused-ring (bicyclic) bond motifs is 1. The number of nitrogens with zero attached hydrogens (tertiary/aromatic N) is 3. The fourth-order valence-electron chi connectivity index (χ4n) is 5.49. The van der Waals surface area contributed by atoms with Crippen molar-refractivity contribution < 1.29 is 29.0 Å². The molecule has 0 spiro atoms. The summed E-state index contributed by atoms with van der Waals surface area (Å²) in [5, 5.41) is 26.6. The first kappa shape index (κ1) is 31.0. The van der Waals surface area contributed by atoms with E-state index in [0.29, 0.717) is 18.7 Å². The van der Waals surface area contributed by atoms with Gasteiger partial charge in [0.25, 0.3) is 5.91 Å². The van der Waals surface area contributed by atoms with Crippen LogP contribution in [0.5, 0.6) is 0 Å². The smallest absolute Gasteiger partial charge is 0.310 e. The Morgan fingerprint density at radius 2 is 1.80 bits per heavy atom. The first-order valence-electron chi connectivity index (χ1n) is 14.8. The average molecular weight is 641 g/mol. The largest absolute Gasteiger partial charge is 0.434 e. The number of ether oxygens (including phenoxy) is 1. The molecule has 12 nitrogen and oxygen atoms in total. The van der Waals surface area contributed by atoms with Crippen molar-refractivity contribution in [1.29, 1.82) is 0 Å². The summed E-state index contributed by atoms with van der Waals surface area (Å²) in [6.45, 7) is 0.831. The number of aliphatic hydroxyl groups excluding tert-OH is 1. The zero-order chi connectivity index (χ0) is 32.0. The topological polar surface area (TPSA) is 163 Å². The van der Waals surface area contributed by atoms with Gasteiger partial charge in [0, 0.05) is 36.1 Å². The van der Waals surface area contributed by atoms with Gasteiger partial charge in [-0.2, -0.15) is 0 Å². The van der Waals surface area contributed by atoms with Crippen LogP contribution in [-0.4, -0.2) is 81.3 Å². The van der Waals surface area contributed by atoms with Crippen molar-refractivity contribution in [2.75, 3.05) is 19.6 Å². The van der Waals surface area contributed by atoms with Crippen molar-refractivity contribution in [3.63, 3.8) is 0 Å². The molecule has 0 saturated carbocycles. The minimum atomic E-state index is -1.45. The Hall–Kier alpha value is -4.98. The molecule has 46 heavy (non-hydrogen) atoms. The lowest BCUT2D eigenvalue weighted by atomic mass is 10.1. The van der Waals surface area contributed by atoms with Crippen LogP contribution in [-0.2, 0) is 25.7 Å². The number of hydrogen-bond donors (Lipinski definition) is 4. The van der Waals surface area contributed by atoms with Gasteiger partial charge in [0.2, 0.25) is 18.1 Å². The van der Waals surface area contributed by atoms with E-state index in [1.807, 2.05) is 66.1 Å². The Kier molecular flexibility index (Phi) is 9.43. The second-order valence-corrected chi connectivity index (χ2v) is 11.8. The Bertz CT molecular complexity index is 1780. The van der Waals surface area contributed by atoms with E-state index in [1.165, 1.54) is 16.4 Å². The maximum absolute atomic E-state index is 13.7. The number of aliphatic hydroxyl groups is 1. The molecule has 6 rings (SSSR count). The maximum Gasteiger partial charge on any atom is 0.310 e. The van der Waals surface area contributed by atoms with E-state index < -0.39 is 42.1 Å². The predicted octanol–water partition coefficient (Wildman–Crippen LogP) is 2.16. The average Bonchev–Trinajstić information content (AvgIpc) is 3.68. The van der Waals surface area contributed by atoms with Gasteiger partial charge in [-0.1, -0.05) is 65.2 Å². The molecule has 2 aliphatic heterocycles. The lowest BCUT2D eigenvalue weighted by molar-refractivity contribution is -0.155. The Morgan fingerprint density at radius 3 is 2.54 bits per heavy atom. The number of cyclic esters (lactones) is 1. The predicted molar refractivity (Wildman–Crippen MR) is 170 cm³/mol. The molecule has 4 N–H and O–H groups in total. The van der Waals surface area contributed by atoms with Gasteiger partial charge in [0.05, 0.1) is 13.0 Å². The highest BCUT2D eigenvalue weighted by atomic mass is 32.1. The van der Waals surface area contributed by atoms with Gasteiger partial charge in [-0.15, -0.1) is 5.10 Å². The minimum absolute atomic E-state index is 0.153. The zero-order valence-electron chi connectivity index (χ0n) is 24.7. The molecule has 0 aliphatic carbocycles. The van der Waals surface area contributed by atoms with Crippen LogP contribution < -0.4 is 16.0 Å². The molecule has 3 atom stereocenters. The van der Waals surface area contributed by atoms with Gasteiger partial charge in [-0.25, -0.2) is 0 Å². The molecule has 3 unspecified atom stereocenters. The highest BCUT2D eigenvalue weighted by molar-refractivity contribution is 7.03. The number of amides is 3. The van der Waals surface area contributed by atoms with Crippen molar-refractivity contribution in [3.05, 3.63) is 94.9 Å². The van der Waals surface area contributed by atoms with Gasteiger partial charge in [-0.05, 0) is 52.0 Å². The van der Waals surface area contributed by atoms with Gasteiger partial charge in [0.15, 0.2) is 0 Å². The summed E-state index contributed by atoms with van der Waals surface area (Å²) in [6.07, 6.45) is 0.548. The van der Waals surface area contributed by atoms with Crippen LogP contribution in [0.15, 0.2) is 83.8 Å². The summed E-state index contributed by atoms with van der Waals surface area (Å²) in [5.74, 6) is -1.99. The summed E-state index contributed by atoms with van der Waals surface area (Å²) in [7, 11) is 0. The lowest BCUT2D eigenvalue weighted by Gasteiger charge is -2.26. The summed E-state index contributed by atoms with van der Waals surface area (Å²) >= 11 is 1.30. The number of esters is 1. The van der Waals surface area contributed by atoms with E-state index in [1.54, 1.807) is 12.1 Å². The summed E-state index contributed by atoms with van der Waals surface area (Å²) in [5.41, 5.74) is 4.15. The first-order valence-corrected chi connectivity index (χ1v) is 15.7. The van der Waals surface area contributed by atoms with Gasteiger partial charge >= 0.3 is 5.97 Å². The normalized spacial score (nSPS) is 19.8. The Labute approximate surface area is 268 Å². The molecule has 1 aromatic heterocycles. The number of carbonyl (C=O) groups excluding carboxylic acids is 4. The molecule has 0 bridgehead atoms. The Balaban J connectivity index is 1.13. The monoisotopic (exact) mass is 640 g/mol. The van der Waals surface area contributed by atoms with Crippen molar-refractivity contribution in [1.82, 2.24) is 30.4 Å². The number of aromatic nitrogens is 2. The van der Waals surface area contributed by atoms with E-state index >= 15 is 0 Å². The van der Waals surface area contributed by atoms with Crippen molar-refractivity contribution in [2.24, 2.45) is 0 Å². The van der Waals surface area contributed by atoms with E-state index in [4.69, 9.17) is 4.74 Å². The van der Waals surface area contributed by atoms with Crippen LogP contribution in [0.25, 0.3) is 22.0 Å². The molecule has 4 aromatic rings. The molecular formula is C33H32N6O6S. The van der Waals surface area contributed by atoms with Crippen LogP contribution in [0, 0.1) is 0 Å². The summed E-state index contributed by atoms with van der Waals surface area (Å²) in [6, 6.07) is 19.2. The van der Waals surface area contributed by atoms with Crippen molar-refractivity contribution in [3.8, 4) is 11.3 Å². The third-order valence-corrected chi connectivity index (χ3v) is 8.42. The molecule has 0 radical (unpaired) electrons. The fraction of sp³-hybridized carbons (Fsp3) is 0.273. The van der Waals surface area contributed by atoms with E-state index in [0.717, 1.165) is 33.2 Å². The highest BCUT2D eigenvalue weighted by Crippen LogP contribution is 2.20. The third kappa shape index (κ3) is 7.45. The van der Waals surface area contributed by atoms with Crippen LogP contribution in [0.3, 0.4) is 0 Å². The standard InChI is InChI=1S/C33H32N6O6S/c40-29(35-27-14-30(41)45-33(27)44)18-39-17-21(16-34-15-20-5-8-23(9-6-20)28-19-46-38-37-28)7-12-26(32(39)43)36-31(42)25-11-10-22-3-1-2-4-24(22)13-25/h1-11,13,19,26-27,33-34,44H,12,14-18H2,(H,35,40)(H,36,42). The highest BCUT2D eigenvalue weighted by Gasteiger charge is 2.36. The summed E-state index contributed by atoms with van der Waals surface area (Å²) < 4.78 is 8.61. The molecular weight excluding hydrogens is 608 g/mol. The van der Waals surface area contributed by atoms with Crippen LogP contribution in [0.1, 0.15) is 28.8 Å². The quantitative estimate of drug-likeness (QED) is 0.150. The van der Waals surface area contributed by atoms with Crippen molar-refractivity contribution in [2.45, 2.75) is 37.8 Å². The zero-order valence-corrected chi connectivity index (χ0v) is 25.5. The van der Waals surface area contributed by atoms with Crippen LogP contribution in [0.2, 0.25) is 0 Å². The van der Waals surface area contributed by atoms with Gasteiger partial charge in [0.1, 0.15) is 17.8 Å². The number of benzene rings is 3. The molecule has 236 valence electrons. The van der Waals surface area contributed by atoms with E-state index in [9.17, 15) is 24.3 Å². The molecule has 1 fully saturated rings. The number of carbonyl (C=O) groups is 4. The lowest BCUT2D eigenvalue weighted by Crippen LogP contribution is -2.52. The maximum atomic E-state index is 13.7. The second kappa shape index (κ2) is 14.0. The summed E-state index contributed by atoms with van der Waals surface area (Å²) in [4.78, 5) is 52.9. The first-order chi connectivity index (χ1) is 22.3. The molecule has 3 amide bonds. The number of hydrogen-bond acceptors (Lipinski definition) is 10. The number of nitrogens with one attached hydrogen (secondary N) is 3. The van der Waals surface area contributed by atoms with Crippen LogP contribution in [0.4, 0.5) is 0 Å². The molecule has 3 heterocycles. The van der Waals surface area contributed by atoms with Crippen molar-refractivity contribution >= 4 is 46.0 Å². The van der Waals surface area contributed by atoms with Crippen LogP contribution >= 0.6 is 11.5 Å².